The van der Waals surface area contributed by atoms with Gasteiger partial charge in [0.2, 0.25) is 5.91 Å². The number of hydrogen-bond acceptors (Lipinski definition) is 4. The van der Waals surface area contributed by atoms with Gasteiger partial charge in [0.25, 0.3) is 0 Å². The van der Waals surface area contributed by atoms with Gasteiger partial charge in [0.15, 0.2) is 0 Å². The van der Waals surface area contributed by atoms with E-state index in [0.29, 0.717) is 13.2 Å². The molecule has 0 radical (unpaired) electrons. The Morgan fingerprint density at radius 2 is 1.87 bits per heavy atom. The smallest absolute Gasteiger partial charge is 0.245 e. The zero-order valence-electron chi connectivity index (χ0n) is 18.6. The molecular formula is C25H33N3O3. The van der Waals surface area contributed by atoms with Crippen LogP contribution in [0.15, 0.2) is 48.5 Å². The van der Waals surface area contributed by atoms with Crippen molar-refractivity contribution in [1.82, 2.24) is 14.9 Å². The first kappa shape index (κ1) is 22.8. The quantitative estimate of drug-likeness (QED) is 0.420. The molecule has 0 atom stereocenters. The number of carbonyl (C=O) groups is 1. The van der Waals surface area contributed by atoms with E-state index in [2.05, 4.69) is 47.1 Å². The lowest BCUT2D eigenvalue weighted by molar-refractivity contribution is -0.124. The van der Waals surface area contributed by atoms with Crippen LogP contribution in [-0.2, 0) is 28.9 Å². The molecule has 0 aliphatic rings. The molecule has 2 aromatic carbocycles. The predicted octanol–water partition coefficient (Wildman–Crippen LogP) is 4.15. The third kappa shape index (κ3) is 6.82. The summed E-state index contributed by atoms with van der Waals surface area (Å²) in [6, 6.07) is 16.6. The number of nitrogens with one attached hydrogen (secondary N) is 1. The van der Waals surface area contributed by atoms with Gasteiger partial charge in [-0.15, -0.1) is 0 Å². The average molecular weight is 424 g/mol. The van der Waals surface area contributed by atoms with Gasteiger partial charge in [0, 0.05) is 26.6 Å². The van der Waals surface area contributed by atoms with Crippen LogP contribution in [0.25, 0.3) is 11.0 Å². The van der Waals surface area contributed by atoms with Gasteiger partial charge in [-0.3, -0.25) is 4.79 Å². The van der Waals surface area contributed by atoms with Crippen molar-refractivity contribution in [2.24, 2.45) is 0 Å². The van der Waals surface area contributed by atoms with E-state index in [-0.39, 0.29) is 12.5 Å². The van der Waals surface area contributed by atoms with E-state index in [9.17, 15) is 4.79 Å². The minimum absolute atomic E-state index is 0.0830. The largest absolute Gasteiger partial charge is 0.494 e. The molecule has 1 heterocycles. The van der Waals surface area contributed by atoms with Crippen molar-refractivity contribution in [1.29, 1.82) is 0 Å². The molecule has 3 rings (SSSR count). The van der Waals surface area contributed by atoms with Crippen LogP contribution in [0.1, 0.15) is 37.6 Å². The van der Waals surface area contributed by atoms with Gasteiger partial charge in [0.1, 0.15) is 18.2 Å². The van der Waals surface area contributed by atoms with E-state index in [1.54, 1.807) is 0 Å². The van der Waals surface area contributed by atoms with Crippen molar-refractivity contribution < 1.29 is 14.3 Å². The van der Waals surface area contributed by atoms with Crippen LogP contribution in [-0.4, -0.2) is 42.3 Å². The highest BCUT2D eigenvalue weighted by Gasteiger charge is 2.10. The van der Waals surface area contributed by atoms with Crippen LogP contribution < -0.4 is 10.1 Å². The normalized spacial score (nSPS) is 11.0. The monoisotopic (exact) mass is 423 g/mol. The van der Waals surface area contributed by atoms with Gasteiger partial charge < -0.3 is 19.4 Å². The zero-order chi connectivity index (χ0) is 21.9. The molecule has 0 fully saturated rings. The van der Waals surface area contributed by atoms with E-state index in [4.69, 9.17) is 14.5 Å². The van der Waals surface area contributed by atoms with Gasteiger partial charge in [-0.1, -0.05) is 31.2 Å². The predicted molar refractivity (Wildman–Crippen MR) is 123 cm³/mol. The molecule has 0 saturated heterocycles. The number of unbranched alkanes of at least 4 members (excludes halogenated alkanes) is 1. The second-order valence-corrected chi connectivity index (χ2v) is 7.61. The topological polar surface area (TPSA) is 65.4 Å². The van der Waals surface area contributed by atoms with E-state index in [0.717, 1.165) is 61.3 Å². The maximum absolute atomic E-state index is 11.5. The van der Waals surface area contributed by atoms with Crippen molar-refractivity contribution in [3.63, 3.8) is 0 Å². The fraction of sp³-hybridized carbons (Fsp3) is 0.440. The molecule has 166 valence electrons. The molecule has 6 nitrogen and oxygen atoms in total. The third-order valence-electron chi connectivity index (χ3n) is 5.28. The number of benzene rings is 2. The Hall–Kier alpha value is -2.86. The van der Waals surface area contributed by atoms with Crippen molar-refractivity contribution in [3.8, 4) is 5.75 Å². The Balaban J connectivity index is 1.50. The highest BCUT2D eigenvalue weighted by atomic mass is 16.5. The SMILES string of the molecule is CCc1ccc(OCCCCn2c(CCCNC(=O)COC)nc3ccccc32)cc1. The average Bonchev–Trinajstić information content (AvgIpc) is 3.14. The first-order valence-corrected chi connectivity index (χ1v) is 11.1. The molecule has 0 bridgehead atoms. The number of methoxy groups -OCH3 is 1. The molecule has 1 amide bonds. The highest BCUT2D eigenvalue weighted by Crippen LogP contribution is 2.18. The van der Waals surface area contributed by atoms with E-state index in [1.165, 1.54) is 12.7 Å². The van der Waals surface area contributed by atoms with Gasteiger partial charge >= 0.3 is 0 Å². The molecule has 0 unspecified atom stereocenters. The zero-order valence-corrected chi connectivity index (χ0v) is 18.6. The summed E-state index contributed by atoms with van der Waals surface area (Å²) in [5.74, 6) is 1.92. The standard InChI is InChI=1S/C25H33N3O3/c1-3-20-12-14-21(15-13-20)31-18-7-6-17-28-23-10-5-4-9-22(23)27-24(28)11-8-16-26-25(29)19-30-2/h4-5,9-10,12-15H,3,6-8,11,16-19H2,1-2H3,(H,26,29). The van der Waals surface area contributed by atoms with Gasteiger partial charge in [-0.05, 0) is 55.5 Å². The maximum atomic E-state index is 11.5. The summed E-state index contributed by atoms with van der Waals surface area (Å²) in [6.45, 7) is 4.49. The van der Waals surface area contributed by atoms with E-state index in [1.807, 2.05) is 18.2 Å². The summed E-state index contributed by atoms with van der Waals surface area (Å²) in [5, 5.41) is 2.87. The van der Waals surface area contributed by atoms with E-state index < -0.39 is 0 Å². The Kier molecular flexibility index (Phi) is 8.91. The molecule has 0 saturated carbocycles. The number of imidazole rings is 1. The number of ether oxygens (including phenoxy) is 2. The summed E-state index contributed by atoms with van der Waals surface area (Å²) < 4.78 is 13.0. The second kappa shape index (κ2) is 12.1. The van der Waals surface area contributed by atoms with Crippen molar-refractivity contribution in [2.45, 2.75) is 45.6 Å². The molecule has 3 aromatic rings. The first-order valence-electron chi connectivity index (χ1n) is 11.1. The number of aromatic nitrogens is 2. The molecule has 31 heavy (non-hydrogen) atoms. The number of hydrogen-bond donors (Lipinski definition) is 1. The van der Waals surface area contributed by atoms with Crippen molar-refractivity contribution >= 4 is 16.9 Å². The Morgan fingerprint density at radius 3 is 2.65 bits per heavy atom. The van der Waals surface area contributed by atoms with Crippen LogP contribution in [0, 0.1) is 0 Å². The fourth-order valence-corrected chi connectivity index (χ4v) is 3.61. The second-order valence-electron chi connectivity index (χ2n) is 7.61. The molecule has 6 heteroatoms. The van der Waals surface area contributed by atoms with Gasteiger partial charge in [-0.25, -0.2) is 4.98 Å². The van der Waals surface area contributed by atoms with Crippen molar-refractivity contribution in [2.75, 3.05) is 26.9 Å². The molecule has 1 N–H and O–H groups in total. The molecular weight excluding hydrogens is 390 g/mol. The number of para-hydroxylation sites is 2. The lowest BCUT2D eigenvalue weighted by Gasteiger charge is -2.11. The van der Waals surface area contributed by atoms with Crippen LogP contribution >= 0.6 is 0 Å². The maximum Gasteiger partial charge on any atom is 0.245 e. The Labute approximate surface area is 184 Å². The van der Waals surface area contributed by atoms with Crippen molar-refractivity contribution in [3.05, 3.63) is 59.9 Å². The van der Waals surface area contributed by atoms with Crippen LogP contribution in [0.4, 0.5) is 0 Å². The van der Waals surface area contributed by atoms with Crippen LogP contribution in [0.3, 0.4) is 0 Å². The molecule has 0 aliphatic heterocycles. The summed E-state index contributed by atoms with van der Waals surface area (Å²) >= 11 is 0. The minimum Gasteiger partial charge on any atom is -0.494 e. The summed E-state index contributed by atoms with van der Waals surface area (Å²) in [6.07, 6.45) is 4.71. The number of nitrogens with zero attached hydrogens (tertiary/aromatic N) is 2. The number of fused-ring (bicyclic) bond motifs is 1. The fourth-order valence-electron chi connectivity index (χ4n) is 3.61. The van der Waals surface area contributed by atoms with E-state index >= 15 is 0 Å². The summed E-state index contributed by atoms with van der Waals surface area (Å²) in [7, 11) is 1.52. The Bertz CT molecular complexity index is 950. The van der Waals surface area contributed by atoms with Crippen LogP contribution in [0.2, 0.25) is 0 Å². The number of rotatable bonds is 13. The summed E-state index contributed by atoms with van der Waals surface area (Å²) in [4.78, 5) is 16.4. The first-order chi connectivity index (χ1) is 15.2. The van der Waals surface area contributed by atoms with Crippen LogP contribution in [0.5, 0.6) is 5.75 Å². The number of carbonyl (C=O) groups excluding carboxylic acids is 1. The summed E-state index contributed by atoms with van der Waals surface area (Å²) in [5.41, 5.74) is 3.51. The molecule has 0 aliphatic carbocycles. The third-order valence-corrected chi connectivity index (χ3v) is 5.28. The lowest BCUT2D eigenvalue weighted by atomic mass is 10.2. The van der Waals surface area contributed by atoms with Gasteiger partial charge in [-0.2, -0.15) is 0 Å². The Morgan fingerprint density at radius 1 is 1.06 bits per heavy atom. The number of amides is 1. The minimum atomic E-state index is -0.0830. The number of aryl methyl sites for hydroxylation is 3. The van der Waals surface area contributed by atoms with Gasteiger partial charge in [0.05, 0.1) is 17.6 Å². The lowest BCUT2D eigenvalue weighted by Crippen LogP contribution is -2.28. The molecule has 0 spiro atoms. The molecule has 1 aromatic heterocycles. The highest BCUT2D eigenvalue weighted by molar-refractivity contribution is 5.77.